The summed E-state index contributed by atoms with van der Waals surface area (Å²) < 4.78 is 27.2. The minimum absolute atomic E-state index is 0.127. The van der Waals surface area contributed by atoms with Gasteiger partial charge in [-0.2, -0.15) is 0 Å². The van der Waals surface area contributed by atoms with Gasteiger partial charge in [-0.15, -0.1) is 0 Å². The Hall–Kier alpha value is -2.42. The van der Waals surface area contributed by atoms with Crippen LogP contribution in [0.5, 0.6) is 0 Å². The first-order chi connectivity index (χ1) is 11.2. The maximum absolute atomic E-state index is 11.8. The van der Waals surface area contributed by atoms with Crippen LogP contribution in [0.4, 0.5) is 4.79 Å². The minimum atomic E-state index is -3.16. The molecule has 3 amide bonds. The first-order valence-corrected chi connectivity index (χ1v) is 9.29. The molecule has 0 aliphatic rings. The van der Waals surface area contributed by atoms with Gasteiger partial charge in [0.05, 0.1) is 11.3 Å². The van der Waals surface area contributed by atoms with Gasteiger partial charge in [0, 0.05) is 12.8 Å². The number of ether oxygens (including phenoxy) is 1. The number of carbonyl (C=O) groups excluding carboxylic acids is 3. The Morgan fingerprint density at radius 3 is 2.29 bits per heavy atom. The fraction of sp³-hybridized carbons (Fsp3) is 0.400. The van der Waals surface area contributed by atoms with E-state index in [2.05, 4.69) is 5.32 Å². The Kier molecular flexibility index (Phi) is 7.37. The van der Waals surface area contributed by atoms with Crippen molar-refractivity contribution in [2.45, 2.75) is 19.1 Å². The summed E-state index contributed by atoms with van der Waals surface area (Å²) in [7, 11) is -3.16. The van der Waals surface area contributed by atoms with E-state index in [1.54, 1.807) is 0 Å². The molecule has 132 valence electrons. The Morgan fingerprint density at radius 1 is 1.12 bits per heavy atom. The molecule has 0 saturated carbocycles. The summed E-state index contributed by atoms with van der Waals surface area (Å²) >= 11 is 0. The standard InChI is InChI=1S/C15H20N2O6S/c1-3-8-16-15(20)17-13(18)9-23-14(19)12-6-4-11(5-7-12)10-24(2,21)22/h4-7H,3,8-10H2,1-2H3,(H2,16,17,18,20). The number of sulfone groups is 1. The van der Waals surface area contributed by atoms with Gasteiger partial charge in [0.2, 0.25) is 0 Å². The van der Waals surface area contributed by atoms with Crippen LogP contribution in [-0.2, 0) is 25.1 Å². The highest BCUT2D eigenvalue weighted by atomic mass is 32.2. The fourth-order valence-electron chi connectivity index (χ4n) is 1.70. The van der Waals surface area contributed by atoms with E-state index >= 15 is 0 Å². The van der Waals surface area contributed by atoms with E-state index < -0.39 is 34.4 Å². The van der Waals surface area contributed by atoms with E-state index in [0.29, 0.717) is 12.1 Å². The molecule has 0 spiro atoms. The molecular weight excluding hydrogens is 336 g/mol. The number of hydrogen-bond donors (Lipinski definition) is 2. The molecule has 0 atom stereocenters. The molecule has 0 aliphatic carbocycles. The summed E-state index contributed by atoms with van der Waals surface area (Å²) in [6.07, 6.45) is 1.84. The molecule has 9 heteroatoms. The van der Waals surface area contributed by atoms with Crippen molar-refractivity contribution in [3.8, 4) is 0 Å². The number of rotatable bonds is 7. The lowest BCUT2D eigenvalue weighted by Gasteiger charge is -2.07. The molecule has 0 radical (unpaired) electrons. The third-order valence-electron chi connectivity index (χ3n) is 2.74. The van der Waals surface area contributed by atoms with Gasteiger partial charge in [0.25, 0.3) is 5.91 Å². The van der Waals surface area contributed by atoms with E-state index in [1.165, 1.54) is 24.3 Å². The second-order valence-corrected chi connectivity index (χ2v) is 7.29. The van der Waals surface area contributed by atoms with Crippen LogP contribution in [0.25, 0.3) is 0 Å². The molecule has 0 bridgehead atoms. The zero-order chi connectivity index (χ0) is 18.2. The molecule has 1 rings (SSSR count). The van der Waals surface area contributed by atoms with Crippen molar-refractivity contribution >= 4 is 27.7 Å². The van der Waals surface area contributed by atoms with Gasteiger partial charge in [-0.1, -0.05) is 19.1 Å². The van der Waals surface area contributed by atoms with Crippen molar-refractivity contribution in [3.63, 3.8) is 0 Å². The molecule has 2 N–H and O–H groups in total. The zero-order valence-electron chi connectivity index (χ0n) is 13.5. The monoisotopic (exact) mass is 356 g/mol. The van der Waals surface area contributed by atoms with Crippen molar-refractivity contribution in [2.75, 3.05) is 19.4 Å². The minimum Gasteiger partial charge on any atom is -0.452 e. The number of urea groups is 1. The molecule has 0 saturated heterocycles. The molecule has 0 unspecified atom stereocenters. The number of carbonyl (C=O) groups is 3. The Morgan fingerprint density at radius 2 is 1.75 bits per heavy atom. The molecule has 0 heterocycles. The van der Waals surface area contributed by atoms with E-state index in [9.17, 15) is 22.8 Å². The summed E-state index contributed by atoms with van der Waals surface area (Å²) in [5, 5.41) is 4.47. The zero-order valence-corrected chi connectivity index (χ0v) is 14.3. The molecular formula is C15H20N2O6S. The second-order valence-electron chi connectivity index (χ2n) is 5.15. The molecule has 8 nitrogen and oxygen atoms in total. The van der Waals surface area contributed by atoms with Crippen LogP contribution in [0, 0.1) is 0 Å². The summed E-state index contributed by atoms with van der Waals surface area (Å²) in [6.45, 7) is 1.70. The highest BCUT2D eigenvalue weighted by molar-refractivity contribution is 7.89. The van der Waals surface area contributed by atoms with Crippen LogP contribution in [0.1, 0.15) is 29.3 Å². The van der Waals surface area contributed by atoms with Crippen molar-refractivity contribution in [1.29, 1.82) is 0 Å². The molecule has 0 fully saturated rings. The van der Waals surface area contributed by atoms with E-state index in [0.717, 1.165) is 12.7 Å². The maximum Gasteiger partial charge on any atom is 0.338 e. The first kappa shape index (κ1) is 19.6. The van der Waals surface area contributed by atoms with Crippen LogP contribution in [-0.4, -0.2) is 45.7 Å². The second kappa shape index (κ2) is 9.02. The summed E-state index contributed by atoms with van der Waals surface area (Å²) in [5.74, 6) is -1.62. The largest absolute Gasteiger partial charge is 0.452 e. The molecule has 1 aromatic rings. The van der Waals surface area contributed by atoms with Crippen LogP contribution in [0.3, 0.4) is 0 Å². The lowest BCUT2D eigenvalue weighted by Crippen LogP contribution is -2.41. The Bertz CT molecular complexity index is 697. The summed E-state index contributed by atoms with van der Waals surface area (Å²) in [5.41, 5.74) is 0.717. The third-order valence-corrected chi connectivity index (χ3v) is 3.60. The molecule has 1 aromatic carbocycles. The van der Waals surface area contributed by atoms with Gasteiger partial charge in [-0.3, -0.25) is 10.1 Å². The van der Waals surface area contributed by atoms with Crippen LogP contribution in [0.15, 0.2) is 24.3 Å². The first-order valence-electron chi connectivity index (χ1n) is 7.22. The fourth-order valence-corrected chi connectivity index (χ4v) is 2.50. The number of esters is 1. The van der Waals surface area contributed by atoms with Crippen LogP contribution >= 0.6 is 0 Å². The Balaban J connectivity index is 2.47. The lowest BCUT2D eigenvalue weighted by atomic mass is 10.1. The predicted molar refractivity (Wildman–Crippen MR) is 87.1 cm³/mol. The lowest BCUT2D eigenvalue weighted by molar-refractivity contribution is -0.123. The van der Waals surface area contributed by atoms with Gasteiger partial charge in [0.1, 0.15) is 0 Å². The average molecular weight is 356 g/mol. The highest BCUT2D eigenvalue weighted by Crippen LogP contribution is 2.09. The van der Waals surface area contributed by atoms with Crippen molar-refractivity contribution in [3.05, 3.63) is 35.4 Å². The van der Waals surface area contributed by atoms with E-state index in [-0.39, 0.29) is 11.3 Å². The number of nitrogens with one attached hydrogen (secondary N) is 2. The molecule has 0 aliphatic heterocycles. The molecule has 24 heavy (non-hydrogen) atoms. The number of hydrogen-bond acceptors (Lipinski definition) is 6. The van der Waals surface area contributed by atoms with Gasteiger partial charge in [-0.05, 0) is 24.1 Å². The summed E-state index contributed by atoms with van der Waals surface area (Å²) in [4.78, 5) is 34.5. The number of imide groups is 1. The van der Waals surface area contributed by atoms with Crippen molar-refractivity contribution < 1.29 is 27.5 Å². The van der Waals surface area contributed by atoms with Gasteiger partial charge in [-0.25, -0.2) is 18.0 Å². The van der Waals surface area contributed by atoms with Crippen molar-refractivity contribution in [2.24, 2.45) is 0 Å². The van der Waals surface area contributed by atoms with Gasteiger partial charge in [0.15, 0.2) is 16.4 Å². The smallest absolute Gasteiger partial charge is 0.338 e. The number of benzene rings is 1. The average Bonchev–Trinajstić information content (AvgIpc) is 2.49. The normalized spacial score (nSPS) is 10.8. The Labute approximate surface area is 140 Å². The van der Waals surface area contributed by atoms with Crippen LogP contribution in [0.2, 0.25) is 0 Å². The molecule has 0 aromatic heterocycles. The topological polar surface area (TPSA) is 119 Å². The van der Waals surface area contributed by atoms with Crippen molar-refractivity contribution in [1.82, 2.24) is 10.6 Å². The van der Waals surface area contributed by atoms with Gasteiger partial charge >= 0.3 is 12.0 Å². The SMILES string of the molecule is CCCNC(=O)NC(=O)COC(=O)c1ccc(CS(C)(=O)=O)cc1. The quantitative estimate of drug-likeness (QED) is 0.692. The third kappa shape index (κ3) is 7.73. The predicted octanol–water partition coefficient (Wildman–Crippen LogP) is 0.624. The number of amides is 3. The van der Waals surface area contributed by atoms with Gasteiger partial charge < -0.3 is 10.1 Å². The maximum atomic E-state index is 11.8. The van der Waals surface area contributed by atoms with E-state index in [1.807, 2.05) is 12.2 Å². The van der Waals surface area contributed by atoms with Crippen LogP contribution < -0.4 is 10.6 Å². The summed E-state index contributed by atoms with van der Waals surface area (Å²) in [6, 6.07) is 5.16. The van der Waals surface area contributed by atoms with E-state index in [4.69, 9.17) is 4.74 Å². The highest BCUT2D eigenvalue weighted by Gasteiger charge is 2.13.